The van der Waals surface area contributed by atoms with Gasteiger partial charge in [0.1, 0.15) is 5.75 Å². The first-order chi connectivity index (χ1) is 10.9. The Bertz CT molecular complexity index is 636. The molecule has 0 amide bonds. The molecule has 0 spiro atoms. The molecular weight excluding hydrogens is 401 g/mol. The van der Waals surface area contributed by atoms with Crippen LogP contribution in [0.2, 0.25) is 0 Å². The van der Waals surface area contributed by atoms with Crippen LogP contribution in [0.15, 0.2) is 36.4 Å². The van der Waals surface area contributed by atoms with E-state index in [0.717, 1.165) is 10.9 Å². The monoisotopic (exact) mass is 423 g/mol. The predicted molar refractivity (Wildman–Crippen MR) is 107 cm³/mol. The normalized spacial score (nSPS) is 10.7. The average molecular weight is 424 g/mol. The van der Waals surface area contributed by atoms with Crippen molar-refractivity contribution in [3.05, 3.63) is 53.1 Å². The summed E-state index contributed by atoms with van der Waals surface area (Å²) in [7, 11) is 10.0. The van der Waals surface area contributed by atoms with Crippen LogP contribution >= 0.6 is 35.1 Å². The van der Waals surface area contributed by atoms with E-state index in [1.54, 1.807) is 0 Å². The van der Waals surface area contributed by atoms with E-state index in [1.165, 1.54) is 22.6 Å². The van der Waals surface area contributed by atoms with Gasteiger partial charge in [-0.2, -0.15) is 0 Å². The number of phenolic OH excluding ortho intramolecular Hbond substituents is 1. The van der Waals surface area contributed by atoms with E-state index in [-0.39, 0.29) is 7.92 Å². The van der Waals surface area contributed by atoms with Gasteiger partial charge in [0.25, 0.3) is 0 Å². The van der Waals surface area contributed by atoms with Gasteiger partial charge in [0.05, 0.1) is 6.16 Å². The van der Waals surface area contributed by atoms with Gasteiger partial charge < -0.3 is 5.11 Å². The molecule has 0 radical (unpaired) electrons. The Balaban J connectivity index is 0.000000816. The zero-order valence-corrected chi connectivity index (χ0v) is 18.9. The SMILES string of the molecule is Cc1cccc(Pc2c(C)cccc2C[PH+](C)C)c1O.[Cl][Ti][Cl]. The summed E-state index contributed by atoms with van der Waals surface area (Å²) in [5.74, 6) is 0.457. The molecule has 1 nitrogen and oxygen atoms in total. The van der Waals surface area contributed by atoms with Crippen molar-refractivity contribution >= 4 is 45.7 Å². The number of hydrogen-bond donors (Lipinski definition) is 1. The quantitative estimate of drug-likeness (QED) is 0.542. The number of rotatable bonds is 4. The van der Waals surface area contributed by atoms with E-state index in [0.29, 0.717) is 14.3 Å². The van der Waals surface area contributed by atoms with Crippen molar-refractivity contribution in [2.75, 3.05) is 13.3 Å². The fourth-order valence-electron chi connectivity index (χ4n) is 2.33. The second kappa shape index (κ2) is 11.1. The molecule has 0 bridgehead atoms. The number of phenols is 1. The van der Waals surface area contributed by atoms with Crippen LogP contribution in [0.4, 0.5) is 0 Å². The summed E-state index contributed by atoms with van der Waals surface area (Å²) in [5.41, 5.74) is 3.76. The molecule has 2 aromatic rings. The summed E-state index contributed by atoms with van der Waals surface area (Å²) in [6.45, 7) is 8.84. The Labute approximate surface area is 159 Å². The van der Waals surface area contributed by atoms with Crippen molar-refractivity contribution in [3.8, 4) is 5.75 Å². The number of halogens is 2. The summed E-state index contributed by atoms with van der Waals surface area (Å²) < 4.78 is 0. The predicted octanol–water partition coefficient (Wildman–Crippen LogP) is 4.99. The van der Waals surface area contributed by atoms with E-state index in [9.17, 15) is 5.11 Å². The third-order valence-electron chi connectivity index (χ3n) is 3.40. The van der Waals surface area contributed by atoms with Gasteiger partial charge >= 0.3 is 35.6 Å². The molecule has 0 saturated carbocycles. The van der Waals surface area contributed by atoms with Crippen molar-refractivity contribution in [3.63, 3.8) is 0 Å². The van der Waals surface area contributed by atoms with Crippen LogP contribution < -0.4 is 10.6 Å². The first-order valence-corrected chi connectivity index (χ1v) is 15.3. The summed E-state index contributed by atoms with van der Waals surface area (Å²) in [4.78, 5) is 0. The van der Waals surface area contributed by atoms with E-state index < -0.39 is 17.0 Å². The first kappa shape index (κ1) is 21.4. The number of para-hydroxylation sites is 1. The van der Waals surface area contributed by atoms with Gasteiger partial charge in [-0.25, -0.2) is 0 Å². The van der Waals surface area contributed by atoms with E-state index in [4.69, 9.17) is 18.6 Å². The van der Waals surface area contributed by atoms with Crippen LogP contribution in [0.5, 0.6) is 5.75 Å². The summed E-state index contributed by atoms with van der Waals surface area (Å²) >= 11 is -0.556. The maximum atomic E-state index is 10.2. The van der Waals surface area contributed by atoms with Gasteiger partial charge in [0, 0.05) is 18.6 Å². The van der Waals surface area contributed by atoms with Crippen LogP contribution in [0.1, 0.15) is 16.7 Å². The molecule has 0 aromatic heterocycles. The number of aromatic hydroxyl groups is 1. The van der Waals surface area contributed by atoms with E-state index in [2.05, 4.69) is 38.5 Å². The Hall–Kier alpha value is 0.394. The van der Waals surface area contributed by atoms with Crippen LogP contribution in [0.25, 0.3) is 0 Å². The minimum atomic E-state index is -0.556. The van der Waals surface area contributed by atoms with Gasteiger partial charge in [-0.3, -0.25) is 0 Å². The van der Waals surface area contributed by atoms with Crippen LogP contribution in [0, 0.1) is 13.8 Å². The molecule has 23 heavy (non-hydrogen) atoms. The summed E-state index contributed by atoms with van der Waals surface area (Å²) in [6, 6.07) is 12.6. The zero-order chi connectivity index (χ0) is 17.4. The van der Waals surface area contributed by atoms with Crippen LogP contribution in [-0.4, -0.2) is 18.4 Å². The van der Waals surface area contributed by atoms with Gasteiger partial charge in [-0.1, -0.05) is 45.0 Å². The van der Waals surface area contributed by atoms with Crippen LogP contribution in [-0.2, 0) is 23.2 Å². The molecular formula is C17H23Cl2OP2Ti+. The minimum absolute atomic E-state index is 0.293. The molecule has 2 rings (SSSR count). The molecule has 0 fully saturated rings. The van der Waals surface area contributed by atoms with Gasteiger partial charge in [-0.15, -0.1) is 0 Å². The molecule has 0 heterocycles. The molecule has 0 saturated heterocycles. The molecule has 1 unspecified atom stereocenters. The number of aryl methyl sites for hydroxylation is 2. The standard InChI is InChI=1S/C17H22OP2.2ClH.Ti/c1-12-7-6-10-15(16(12)18)19-17-13(2)8-5-9-14(17)11-20(3)4;;;/h5-10,18-19H,11H2,1-4H3;2*1H;/q;;;+2/p-1. The number of hydrogen-bond acceptors (Lipinski definition) is 1. The first-order valence-electron chi connectivity index (χ1n) is 7.30. The second-order valence-electron chi connectivity index (χ2n) is 5.66. The molecule has 0 aliphatic carbocycles. The molecule has 124 valence electrons. The van der Waals surface area contributed by atoms with Gasteiger partial charge in [0.2, 0.25) is 0 Å². The Morgan fingerprint density at radius 2 is 1.61 bits per heavy atom. The average Bonchev–Trinajstić information content (AvgIpc) is 2.47. The fourth-order valence-corrected chi connectivity index (χ4v) is 4.94. The van der Waals surface area contributed by atoms with E-state index in [1.807, 2.05) is 25.1 Å². The summed E-state index contributed by atoms with van der Waals surface area (Å²) in [6.07, 6.45) is 1.20. The Morgan fingerprint density at radius 1 is 1.04 bits per heavy atom. The molecule has 6 heteroatoms. The van der Waals surface area contributed by atoms with Crippen LogP contribution in [0.3, 0.4) is 0 Å². The van der Waals surface area contributed by atoms with Crippen molar-refractivity contribution in [1.29, 1.82) is 0 Å². The topological polar surface area (TPSA) is 20.2 Å². The third-order valence-corrected chi connectivity index (χ3v) is 6.13. The van der Waals surface area contributed by atoms with E-state index >= 15 is 0 Å². The maximum absolute atomic E-state index is 10.2. The fraction of sp³-hybridized carbons (Fsp3) is 0.294. The van der Waals surface area contributed by atoms with Gasteiger partial charge in [-0.05, 0) is 43.8 Å². The van der Waals surface area contributed by atoms with Crippen molar-refractivity contribution < 1.29 is 22.1 Å². The summed E-state index contributed by atoms with van der Waals surface area (Å²) in [5, 5.41) is 12.7. The zero-order valence-electron chi connectivity index (χ0n) is 13.9. The molecule has 1 N–H and O–H groups in total. The molecule has 0 aliphatic rings. The number of benzene rings is 2. The van der Waals surface area contributed by atoms with Crippen molar-refractivity contribution in [2.24, 2.45) is 0 Å². The Morgan fingerprint density at radius 3 is 2.22 bits per heavy atom. The van der Waals surface area contributed by atoms with Crippen molar-refractivity contribution in [2.45, 2.75) is 20.0 Å². The Kier molecular flexibility index (Phi) is 10.3. The molecule has 0 aliphatic heterocycles. The third kappa shape index (κ3) is 7.03. The molecule has 2 aromatic carbocycles. The van der Waals surface area contributed by atoms with Crippen molar-refractivity contribution in [1.82, 2.24) is 0 Å². The second-order valence-corrected chi connectivity index (χ2v) is 12.3. The van der Waals surface area contributed by atoms with Gasteiger partial charge in [0.15, 0.2) is 0 Å². The molecule has 1 atom stereocenters.